The van der Waals surface area contributed by atoms with Crippen LogP contribution in [0.3, 0.4) is 0 Å². The van der Waals surface area contributed by atoms with E-state index in [1.807, 2.05) is 6.07 Å². The molecule has 1 aromatic carbocycles. The molecule has 2 aromatic rings. The van der Waals surface area contributed by atoms with Gasteiger partial charge in [0.25, 0.3) is 0 Å². The fourth-order valence-electron chi connectivity index (χ4n) is 2.47. The molecular weight excluding hydrogens is 364 g/mol. The van der Waals surface area contributed by atoms with Crippen molar-refractivity contribution in [3.8, 4) is 0 Å². The number of amides is 1. The first kappa shape index (κ1) is 15.7. The Labute approximate surface area is 141 Å². The second-order valence-corrected chi connectivity index (χ2v) is 6.52. The van der Waals surface area contributed by atoms with E-state index in [0.717, 1.165) is 17.3 Å². The number of anilines is 1. The summed E-state index contributed by atoms with van der Waals surface area (Å²) in [6.45, 7) is 0.0585. The molecule has 23 heavy (non-hydrogen) atoms. The van der Waals surface area contributed by atoms with E-state index in [2.05, 4.69) is 26.2 Å². The Kier molecular flexibility index (Phi) is 4.16. The number of nitrogens with one attached hydrogen (secondary N) is 1. The Morgan fingerprint density at radius 2 is 2.26 bits per heavy atom. The van der Waals surface area contributed by atoms with Crippen LogP contribution in [0.2, 0.25) is 0 Å². The standard InChI is InChI=1S/C15H15BrN4O3/c1-19(8-14(21)18-10-3-4-10)15-11-6-9(16)2-5-12(11)17-7-13(15)20(22)23/h2,5-7,10H,3-4,8H2,1H3,(H,18,21). The maximum atomic E-state index is 12.0. The van der Waals surface area contributed by atoms with Crippen LogP contribution in [-0.4, -0.2) is 35.4 Å². The summed E-state index contributed by atoms with van der Waals surface area (Å²) >= 11 is 3.37. The number of hydrogen-bond donors (Lipinski definition) is 1. The molecular formula is C15H15BrN4O3. The van der Waals surface area contributed by atoms with Gasteiger partial charge in [-0.15, -0.1) is 0 Å². The SMILES string of the molecule is CN(CC(=O)NC1CC1)c1c([N+](=O)[O-])cnc2ccc(Br)cc12. The van der Waals surface area contributed by atoms with E-state index in [-0.39, 0.29) is 24.2 Å². The first-order chi connectivity index (χ1) is 11.0. The summed E-state index contributed by atoms with van der Waals surface area (Å²) in [6.07, 6.45) is 3.24. The van der Waals surface area contributed by atoms with Gasteiger partial charge in [0.1, 0.15) is 11.9 Å². The first-order valence-corrected chi connectivity index (χ1v) is 7.98. The minimum Gasteiger partial charge on any atom is -0.359 e. The monoisotopic (exact) mass is 378 g/mol. The van der Waals surface area contributed by atoms with Crippen LogP contribution in [-0.2, 0) is 4.79 Å². The fourth-order valence-corrected chi connectivity index (χ4v) is 2.83. The third-order valence-electron chi connectivity index (χ3n) is 3.68. The molecule has 1 aliphatic carbocycles. The van der Waals surface area contributed by atoms with E-state index >= 15 is 0 Å². The molecule has 7 nitrogen and oxygen atoms in total. The Balaban J connectivity index is 2.01. The molecule has 0 unspecified atom stereocenters. The van der Waals surface area contributed by atoms with E-state index in [1.165, 1.54) is 6.20 Å². The van der Waals surface area contributed by atoms with E-state index < -0.39 is 4.92 Å². The van der Waals surface area contributed by atoms with Crippen molar-refractivity contribution in [3.05, 3.63) is 39.0 Å². The molecule has 0 atom stereocenters. The van der Waals surface area contributed by atoms with Crippen LogP contribution >= 0.6 is 15.9 Å². The van der Waals surface area contributed by atoms with E-state index in [1.54, 1.807) is 24.1 Å². The maximum absolute atomic E-state index is 12.0. The van der Waals surface area contributed by atoms with Crippen molar-refractivity contribution >= 4 is 44.1 Å². The highest BCUT2D eigenvalue weighted by molar-refractivity contribution is 9.10. The van der Waals surface area contributed by atoms with E-state index in [0.29, 0.717) is 16.6 Å². The van der Waals surface area contributed by atoms with Crippen LogP contribution in [0.4, 0.5) is 11.4 Å². The van der Waals surface area contributed by atoms with Gasteiger partial charge < -0.3 is 10.2 Å². The predicted octanol–water partition coefficient (Wildman–Crippen LogP) is 2.62. The Morgan fingerprint density at radius 1 is 1.52 bits per heavy atom. The minimum absolute atomic E-state index is 0.0585. The smallest absolute Gasteiger partial charge is 0.311 e. The molecule has 8 heteroatoms. The van der Waals surface area contributed by atoms with Gasteiger partial charge in [-0.1, -0.05) is 15.9 Å². The molecule has 1 amide bonds. The molecule has 0 bridgehead atoms. The van der Waals surface area contributed by atoms with Crippen LogP contribution < -0.4 is 10.2 Å². The Hall–Kier alpha value is -2.22. The molecule has 1 heterocycles. The molecule has 1 fully saturated rings. The van der Waals surface area contributed by atoms with Crippen LogP contribution in [0.1, 0.15) is 12.8 Å². The number of carbonyl (C=O) groups excluding carboxylic acids is 1. The van der Waals surface area contributed by atoms with Gasteiger partial charge in [-0.3, -0.25) is 14.9 Å². The number of carbonyl (C=O) groups is 1. The zero-order valence-electron chi connectivity index (χ0n) is 12.5. The quantitative estimate of drug-likeness (QED) is 0.637. The van der Waals surface area contributed by atoms with Crippen molar-refractivity contribution in [3.63, 3.8) is 0 Å². The van der Waals surface area contributed by atoms with Crippen molar-refractivity contribution in [2.75, 3.05) is 18.5 Å². The third-order valence-corrected chi connectivity index (χ3v) is 4.18. The normalized spacial score (nSPS) is 13.8. The molecule has 0 aliphatic heterocycles. The molecule has 1 N–H and O–H groups in total. The van der Waals surface area contributed by atoms with Gasteiger partial charge in [-0.05, 0) is 31.0 Å². The number of halogens is 1. The van der Waals surface area contributed by atoms with E-state index in [4.69, 9.17) is 0 Å². The molecule has 120 valence electrons. The molecule has 3 rings (SSSR count). The number of aromatic nitrogens is 1. The van der Waals surface area contributed by atoms with Crippen molar-refractivity contribution in [2.24, 2.45) is 0 Å². The van der Waals surface area contributed by atoms with Crippen molar-refractivity contribution in [2.45, 2.75) is 18.9 Å². The highest BCUT2D eigenvalue weighted by Gasteiger charge is 2.26. The van der Waals surface area contributed by atoms with Crippen LogP contribution in [0.25, 0.3) is 10.9 Å². The fraction of sp³-hybridized carbons (Fsp3) is 0.333. The van der Waals surface area contributed by atoms with Gasteiger partial charge in [0.15, 0.2) is 0 Å². The summed E-state index contributed by atoms with van der Waals surface area (Å²) in [5, 5.41) is 14.9. The van der Waals surface area contributed by atoms with Crippen LogP contribution in [0.5, 0.6) is 0 Å². The lowest BCUT2D eigenvalue weighted by Crippen LogP contribution is -2.36. The van der Waals surface area contributed by atoms with Gasteiger partial charge in [-0.2, -0.15) is 0 Å². The molecule has 0 spiro atoms. The summed E-state index contributed by atoms with van der Waals surface area (Å²) in [5.41, 5.74) is 0.924. The number of fused-ring (bicyclic) bond motifs is 1. The number of benzene rings is 1. The largest absolute Gasteiger partial charge is 0.359 e. The summed E-state index contributed by atoms with van der Waals surface area (Å²) in [7, 11) is 1.68. The second-order valence-electron chi connectivity index (χ2n) is 5.61. The summed E-state index contributed by atoms with van der Waals surface area (Å²) < 4.78 is 0.796. The van der Waals surface area contributed by atoms with Crippen molar-refractivity contribution in [1.82, 2.24) is 10.3 Å². The molecule has 0 radical (unpaired) electrons. The lowest BCUT2D eigenvalue weighted by molar-refractivity contribution is -0.384. The zero-order valence-corrected chi connectivity index (χ0v) is 14.0. The number of pyridine rings is 1. The van der Waals surface area contributed by atoms with Gasteiger partial charge in [0.2, 0.25) is 5.91 Å². The van der Waals surface area contributed by atoms with Gasteiger partial charge in [-0.25, -0.2) is 4.98 Å². The van der Waals surface area contributed by atoms with Crippen molar-refractivity contribution in [1.29, 1.82) is 0 Å². The molecule has 1 aliphatic rings. The number of likely N-dealkylation sites (N-methyl/N-ethyl adjacent to an activating group) is 1. The molecule has 1 aromatic heterocycles. The highest BCUT2D eigenvalue weighted by atomic mass is 79.9. The second kappa shape index (κ2) is 6.11. The van der Waals surface area contributed by atoms with Crippen molar-refractivity contribution < 1.29 is 9.72 Å². The lowest BCUT2D eigenvalue weighted by Gasteiger charge is -2.20. The number of rotatable bonds is 5. The average molecular weight is 379 g/mol. The van der Waals surface area contributed by atoms with Crippen LogP contribution in [0.15, 0.2) is 28.9 Å². The molecule has 0 saturated heterocycles. The van der Waals surface area contributed by atoms with Gasteiger partial charge in [0, 0.05) is 22.9 Å². The summed E-state index contributed by atoms with van der Waals surface area (Å²) in [4.78, 5) is 28.6. The Morgan fingerprint density at radius 3 is 2.91 bits per heavy atom. The maximum Gasteiger partial charge on any atom is 0.311 e. The van der Waals surface area contributed by atoms with E-state index in [9.17, 15) is 14.9 Å². The predicted molar refractivity (Wildman–Crippen MR) is 90.5 cm³/mol. The van der Waals surface area contributed by atoms with Crippen LogP contribution in [0, 0.1) is 10.1 Å². The molecule has 1 saturated carbocycles. The lowest BCUT2D eigenvalue weighted by atomic mass is 10.1. The number of hydrogen-bond acceptors (Lipinski definition) is 5. The average Bonchev–Trinajstić information content (AvgIpc) is 3.29. The van der Waals surface area contributed by atoms with Gasteiger partial charge >= 0.3 is 5.69 Å². The Bertz CT molecular complexity index is 792. The summed E-state index contributed by atoms with van der Waals surface area (Å²) in [6, 6.07) is 5.64. The third kappa shape index (κ3) is 3.42. The first-order valence-electron chi connectivity index (χ1n) is 7.19. The minimum atomic E-state index is -0.474. The number of nitrogens with zero attached hydrogens (tertiary/aromatic N) is 3. The zero-order chi connectivity index (χ0) is 16.6. The highest BCUT2D eigenvalue weighted by Crippen LogP contribution is 2.35. The number of nitro groups is 1. The topological polar surface area (TPSA) is 88.4 Å². The summed E-state index contributed by atoms with van der Waals surface area (Å²) in [5.74, 6) is -0.135. The van der Waals surface area contributed by atoms with Gasteiger partial charge in [0.05, 0.1) is 17.0 Å².